The summed E-state index contributed by atoms with van der Waals surface area (Å²) in [5.41, 5.74) is 1.10. The molecule has 1 rings (SSSR count). The fourth-order valence-corrected chi connectivity index (χ4v) is 1.02. The van der Waals surface area contributed by atoms with Gasteiger partial charge >= 0.3 is 0 Å². The first-order valence-electron chi connectivity index (χ1n) is 4.62. The summed E-state index contributed by atoms with van der Waals surface area (Å²) in [6.07, 6.45) is 1.75. The molecule has 4 heteroatoms. The molecule has 2 N–H and O–H groups in total. The minimum atomic E-state index is 0.378. The van der Waals surface area contributed by atoms with Gasteiger partial charge in [-0.25, -0.2) is 0 Å². The molecule has 0 spiro atoms. The molecule has 1 atom stereocenters. The number of rotatable bonds is 6. The van der Waals surface area contributed by atoms with Crippen molar-refractivity contribution in [3.05, 3.63) is 18.0 Å². The predicted octanol–water partition coefficient (Wildman–Crippen LogP) is 0.924. The Kier molecular flexibility index (Phi) is 4.49. The van der Waals surface area contributed by atoms with Crippen LogP contribution in [0.1, 0.15) is 19.5 Å². The van der Waals surface area contributed by atoms with Crippen molar-refractivity contribution in [2.75, 3.05) is 13.2 Å². The third-order valence-corrected chi connectivity index (χ3v) is 1.77. The van der Waals surface area contributed by atoms with Gasteiger partial charge in [-0.1, -0.05) is 0 Å². The second-order valence-corrected chi connectivity index (χ2v) is 3.02. The molecule has 1 aromatic heterocycles. The maximum Gasteiger partial charge on any atom is 0.0616 e. The molecule has 0 bridgehead atoms. The van der Waals surface area contributed by atoms with Crippen LogP contribution < -0.4 is 5.32 Å². The number of aromatic amines is 1. The van der Waals surface area contributed by atoms with E-state index in [0.29, 0.717) is 6.04 Å². The Morgan fingerprint density at radius 3 is 3.15 bits per heavy atom. The van der Waals surface area contributed by atoms with E-state index in [9.17, 15) is 0 Å². The molecule has 1 unspecified atom stereocenters. The zero-order chi connectivity index (χ0) is 9.52. The van der Waals surface area contributed by atoms with Gasteiger partial charge in [0.05, 0.1) is 6.61 Å². The van der Waals surface area contributed by atoms with Crippen molar-refractivity contribution in [3.63, 3.8) is 0 Å². The number of H-pyrrole nitrogens is 1. The summed E-state index contributed by atoms with van der Waals surface area (Å²) in [6, 6.07) is 2.34. The minimum Gasteiger partial charge on any atom is -0.380 e. The maximum absolute atomic E-state index is 5.28. The Morgan fingerprint density at radius 2 is 2.54 bits per heavy atom. The van der Waals surface area contributed by atoms with Crippen LogP contribution in [-0.2, 0) is 11.3 Å². The molecule has 1 aromatic rings. The van der Waals surface area contributed by atoms with Crippen LogP contribution in [0.15, 0.2) is 12.3 Å². The molecule has 0 aromatic carbocycles. The first kappa shape index (κ1) is 10.2. The normalized spacial score (nSPS) is 13.1. The standard InChI is InChI=1S/C9H17N3O/c1-3-13-7-8(2)10-6-9-4-5-11-12-9/h4-5,8,10H,3,6-7H2,1-2H3,(H,11,12). The van der Waals surface area contributed by atoms with Crippen LogP contribution in [-0.4, -0.2) is 29.5 Å². The van der Waals surface area contributed by atoms with Gasteiger partial charge in [-0.05, 0) is 19.9 Å². The summed E-state index contributed by atoms with van der Waals surface area (Å²) < 4.78 is 5.28. The van der Waals surface area contributed by atoms with Crippen LogP contribution in [0, 0.1) is 0 Å². The molecule has 0 aliphatic carbocycles. The molecule has 0 radical (unpaired) electrons. The zero-order valence-corrected chi connectivity index (χ0v) is 8.21. The highest BCUT2D eigenvalue weighted by atomic mass is 16.5. The summed E-state index contributed by atoms with van der Waals surface area (Å²) in [6.45, 7) is 6.45. The summed E-state index contributed by atoms with van der Waals surface area (Å²) >= 11 is 0. The van der Waals surface area contributed by atoms with E-state index in [4.69, 9.17) is 4.74 Å². The van der Waals surface area contributed by atoms with Gasteiger partial charge in [0.2, 0.25) is 0 Å². The molecule has 13 heavy (non-hydrogen) atoms. The van der Waals surface area contributed by atoms with E-state index < -0.39 is 0 Å². The molecule has 4 nitrogen and oxygen atoms in total. The summed E-state index contributed by atoms with van der Waals surface area (Å²) in [4.78, 5) is 0. The van der Waals surface area contributed by atoms with Crippen LogP contribution >= 0.6 is 0 Å². The quantitative estimate of drug-likeness (QED) is 0.689. The molecule has 1 heterocycles. The number of nitrogens with zero attached hydrogens (tertiary/aromatic N) is 1. The Hall–Kier alpha value is -0.870. The molecule has 0 saturated heterocycles. The second kappa shape index (κ2) is 5.72. The van der Waals surface area contributed by atoms with Crippen LogP contribution in [0.3, 0.4) is 0 Å². The van der Waals surface area contributed by atoms with E-state index >= 15 is 0 Å². The lowest BCUT2D eigenvalue weighted by molar-refractivity contribution is 0.127. The second-order valence-electron chi connectivity index (χ2n) is 3.02. The van der Waals surface area contributed by atoms with Crippen molar-refractivity contribution >= 4 is 0 Å². The fraction of sp³-hybridized carbons (Fsp3) is 0.667. The number of hydrogen-bond acceptors (Lipinski definition) is 3. The van der Waals surface area contributed by atoms with Gasteiger partial charge in [-0.3, -0.25) is 5.10 Å². The first-order valence-corrected chi connectivity index (χ1v) is 4.62. The van der Waals surface area contributed by atoms with Crippen LogP contribution in [0.25, 0.3) is 0 Å². The van der Waals surface area contributed by atoms with Crippen molar-refractivity contribution < 1.29 is 4.74 Å². The molecule has 0 fully saturated rings. The number of hydrogen-bond donors (Lipinski definition) is 2. The van der Waals surface area contributed by atoms with E-state index in [1.165, 1.54) is 0 Å². The predicted molar refractivity (Wildman–Crippen MR) is 51.4 cm³/mol. The third-order valence-electron chi connectivity index (χ3n) is 1.77. The number of ether oxygens (including phenoxy) is 1. The number of nitrogens with one attached hydrogen (secondary N) is 2. The molecular formula is C9H17N3O. The van der Waals surface area contributed by atoms with Gasteiger partial charge in [0.25, 0.3) is 0 Å². The Labute approximate surface area is 78.7 Å². The molecule has 0 aliphatic rings. The van der Waals surface area contributed by atoms with Gasteiger partial charge < -0.3 is 10.1 Å². The van der Waals surface area contributed by atoms with Crippen LogP contribution in [0.5, 0.6) is 0 Å². The minimum absolute atomic E-state index is 0.378. The highest BCUT2D eigenvalue weighted by molar-refractivity contribution is 4.96. The van der Waals surface area contributed by atoms with Gasteiger partial charge in [-0.15, -0.1) is 0 Å². The molecule has 0 aliphatic heterocycles. The lowest BCUT2D eigenvalue weighted by Gasteiger charge is -2.12. The van der Waals surface area contributed by atoms with Crippen molar-refractivity contribution in [3.8, 4) is 0 Å². The molecule has 0 saturated carbocycles. The first-order chi connectivity index (χ1) is 6.33. The van der Waals surface area contributed by atoms with Gasteiger partial charge in [0.1, 0.15) is 0 Å². The van der Waals surface area contributed by atoms with E-state index in [1.807, 2.05) is 13.0 Å². The van der Waals surface area contributed by atoms with Crippen molar-refractivity contribution in [2.45, 2.75) is 26.4 Å². The van der Waals surface area contributed by atoms with E-state index in [2.05, 4.69) is 22.4 Å². The van der Waals surface area contributed by atoms with Gasteiger partial charge in [0.15, 0.2) is 0 Å². The average Bonchev–Trinajstić information content (AvgIpc) is 2.64. The van der Waals surface area contributed by atoms with E-state index in [1.54, 1.807) is 6.20 Å². The van der Waals surface area contributed by atoms with E-state index in [0.717, 1.165) is 25.5 Å². The Balaban J connectivity index is 2.11. The smallest absolute Gasteiger partial charge is 0.0616 e. The van der Waals surface area contributed by atoms with Crippen LogP contribution in [0.2, 0.25) is 0 Å². The lowest BCUT2D eigenvalue weighted by Crippen LogP contribution is -2.30. The third kappa shape index (κ3) is 4.05. The topological polar surface area (TPSA) is 49.9 Å². The van der Waals surface area contributed by atoms with Crippen molar-refractivity contribution in [1.82, 2.24) is 15.5 Å². The molecule has 74 valence electrons. The van der Waals surface area contributed by atoms with Gasteiger partial charge in [0, 0.05) is 31.1 Å². The maximum atomic E-state index is 5.28. The van der Waals surface area contributed by atoms with Crippen LogP contribution in [0.4, 0.5) is 0 Å². The van der Waals surface area contributed by atoms with E-state index in [-0.39, 0.29) is 0 Å². The highest BCUT2D eigenvalue weighted by Crippen LogP contribution is 1.92. The van der Waals surface area contributed by atoms with Crippen molar-refractivity contribution in [2.24, 2.45) is 0 Å². The Bertz CT molecular complexity index is 211. The Morgan fingerprint density at radius 1 is 1.69 bits per heavy atom. The van der Waals surface area contributed by atoms with Gasteiger partial charge in [-0.2, -0.15) is 5.10 Å². The lowest BCUT2D eigenvalue weighted by atomic mass is 10.3. The average molecular weight is 183 g/mol. The summed E-state index contributed by atoms with van der Waals surface area (Å²) in [5.74, 6) is 0. The molecular weight excluding hydrogens is 166 g/mol. The largest absolute Gasteiger partial charge is 0.380 e. The monoisotopic (exact) mass is 183 g/mol. The highest BCUT2D eigenvalue weighted by Gasteiger charge is 2.00. The SMILES string of the molecule is CCOCC(C)NCc1ccn[nH]1. The fourth-order valence-electron chi connectivity index (χ4n) is 1.02. The molecule has 0 amide bonds. The van der Waals surface area contributed by atoms with Crippen molar-refractivity contribution in [1.29, 1.82) is 0 Å². The summed E-state index contributed by atoms with van der Waals surface area (Å²) in [5, 5.41) is 10.1. The number of aromatic nitrogens is 2. The summed E-state index contributed by atoms with van der Waals surface area (Å²) in [7, 11) is 0. The zero-order valence-electron chi connectivity index (χ0n) is 8.21.